The number of benzene rings is 1. The molecule has 0 atom stereocenters. The van der Waals surface area contributed by atoms with Crippen LogP contribution in [0.5, 0.6) is 5.75 Å². The van der Waals surface area contributed by atoms with Crippen LogP contribution in [0.25, 0.3) is 11.4 Å². The van der Waals surface area contributed by atoms with Crippen LogP contribution in [0.3, 0.4) is 0 Å². The van der Waals surface area contributed by atoms with Crippen molar-refractivity contribution in [2.75, 3.05) is 32.8 Å². The van der Waals surface area contributed by atoms with E-state index in [1.54, 1.807) is 15.9 Å². The molecule has 1 saturated heterocycles. The number of nitrogens with zero attached hydrogens (tertiary/aromatic N) is 4. The lowest BCUT2D eigenvalue weighted by atomic mass is 10.2. The highest BCUT2D eigenvalue weighted by Gasteiger charge is 2.23. The summed E-state index contributed by atoms with van der Waals surface area (Å²) >= 11 is 7.11. The van der Waals surface area contributed by atoms with Crippen molar-refractivity contribution in [1.82, 2.24) is 24.6 Å². The predicted octanol–water partition coefficient (Wildman–Crippen LogP) is 3.41. The van der Waals surface area contributed by atoms with E-state index in [2.05, 4.69) is 31.9 Å². The van der Waals surface area contributed by atoms with Crippen molar-refractivity contribution < 1.29 is 9.53 Å². The first kappa shape index (κ1) is 20.8. The van der Waals surface area contributed by atoms with Crippen LogP contribution in [-0.4, -0.2) is 63.3 Å². The molecule has 1 amide bonds. The van der Waals surface area contributed by atoms with E-state index in [0.717, 1.165) is 44.0 Å². The van der Waals surface area contributed by atoms with Gasteiger partial charge in [-0.25, -0.2) is 0 Å². The van der Waals surface area contributed by atoms with Gasteiger partial charge in [0.1, 0.15) is 12.3 Å². The molecule has 3 aromatic rings. The molecule has 9 heteroatoms. The van der Waals surface area contributed by atoms with Crippen molar-refractivity contribution in [3.05, 3.63) is 51.4 Å². The highest BCUT2D eigenvalue weighted by molar-refractivity contribution is 7.71. The van der Waals surface area contributed by atoms with Crippen LogP contribution < -0.4 is 4.74 Å². The molecule has 0 bridgehead atoms. The van der Waals surface area contributed by atoms with Crippen molar-refractivity contribution in [2.24, 2.45) is 0 Å². The molecule has 7 nitrogen and oxygen atoms in total. The summed E-state index contributed by atoms with van der Waals surface area (Å²) in [5, 5.41) is 11.4. The monoisotopic (exact) mass is 443 g/mol. The first-order chi connectivity index (χ1) is 14.6. The van der Waals surface area contributed by atoms with Crippen molar-refractivity contribution in [3.63, 3.8) is 0 Å². The van der Waals surface area contributed by atoms with E-state index in [4.69, 9.17) is 17.0 Å². The van der Waals surface area contributed by atoms with Gasteiger partial charge in [-0.1, -0.05) is 0 Å². The summed E-state index contributed by atoms with van der Waals surface area (Å²) in [7, 11) is 0. The number of aromatic nitrogens is 3. The highest BCUT2D eigenvalue weighted by atomic mass is 32.1. The van der Waals surface area contributed by atoms with E-state index in [-0.39, 0.29) is 12.5 Å². The Labute approximate surface area is 184 Å². The van der Waals surface area contributed by atoms with E-state index >= 15 is 0 Å². The first-order valence-electron chi connectivity index (χ1n) is 10.0. The largest absolute Gasteiger partial charge is 0.494 e. The fraction of sp³-hybridized carbons (Fsp3) is 0.381. The number of amides is 1. The molecule has 0 aliphatic carbocycles. The van der Waals surface area contributed by atoms with E-state index in [0.29, 0.717) is 17.2 Å². The maximum absolute atomic E-state index is 12.9. The van der Waals surface area contributed by atoms with Crippen molar-refractivity contribution in [3.8, 4) is 17.1 Å². The summed E-state index contributed by atoms with van der Waals surface area (Å²) in [5.74, 6) is 1.53. The molecule has 0 saturated carbocycles. The Balaban J connectivity index is 1.39. The van der Waals surface area contributed by atoms with Gasteiger partial charge in [0, 0.05) is 38.3 Å². The van der Waals surface area contributed by atoms with Gasteiger partial charge in [-0.05, 0) is 65.8 Å². The third-order valence-corrected chi connectivity index (χ3v) is 6.23. The molecule has 1 N–H and O–H groups in total. The summed E-state index contributed by atoms with van der Waals surface area (Å²) in [6.07, 6.45) is 0. The number of hydrogen-bond acceptors (Lipinski definition) is 6. The van der Waals surface area contributed by atoms with Gasteiger partial charge in [0.05, 0.1) is 6.61 Å². The molecule has 0 spiro atoms. The molecule has 1 fully saturated rings. The molecule has 0 radical (unpaired) electrons. The fourth-order valence-electron chi connectivity index (χ4n) is 3.58. The number of rotatable bonds is 7. The Morgan fingerprint density at radius 3 is 2.63 bits per heavy atom. The van der Waals surface area contributed by atoms with Crippen molar-refractivity contribution in [1.29, 1.82) is 0 Å². The average molecular weight is 444 g/mol. The number of ether oxygens (including phenoxy) is 1. The number of piperazine rings is 1. The lowest BCUT2D eigenvalue weighted by molar-refractivity contribution is -0.133. The van der Waals surface area contributed by atoms with Crippen molar-refractivity contribution in [2.45, 2.75) is 20.0 Å². The van der Waals surface area contributed by atoms with Gasteiger partial charge in [0.15, 0.2) is 10.6 Å². The molecule has 1 aliphatic rings. The van der Waals surface area contributed by atoms with Gasteiger partial charge in [0.25, 0.3) is 0 Å². The van der Waals surface area contributed by atoms with Gasteiger partial charge in [-0.3, -0.25) is 19.4 Å². The molecule has 1 aliphatic heterocycles. The Hall–Kier alpha value is -2.49. The number of carbonyl (C=O) groups excluding carboxylic acids is 1. The maximum Gasteiger partial charge on any atom is 0.242 e. The van der Waals surface area contributed by atoms with Crippen LogP contribution in [0.1, 0.15) is 12.5 Å². The summed E-state index contributed by atoms with van der Waals surface area (Å²) in [6, 6.07) is 9.82. The molecule has 3 heterocycles. The Bertz CT molecular complexity index is 1020. The minimum atomic E-state index is 0.0647. The minimum absolute atomic E-state index is 0.0647. The van der Waals surface area contributed by atoms with Crippen LogP contribution in [0.4, 0.5) is 0 Å². The van der Waals surface area contributed by atoms with Gasteiger partial charge in [-0.2, -0.15) is 16.4 Å². The summed E-state index contributed by atoms with van der Waals surface area (Å²) in [6.45, 7) is 6.91. The van der Waals surface area contributed by atoms with Crippen LogP contribution >= 0.6 is 23.6 Å². The average Bonchev–Trinajstić information content (AvgIpc) is 3.40. The number of thiophene rings is 1. The second-order valence-electron chi connectivity index (χ2n) is 7.18. The van der Waals surface area contributed by atoms with E-state index < -0.39 is 0 Å². The molecular formula is C21H25N5O2S2. The standard InChI is InChI=1S/C21H25N5O2S2/c1-2-28-18-5-3-17(4-6-18)20-22-23-21(29)26(20)14-19(27)25-10-8-24(9-11-25)13-16-7-12-30-15-16/h3-7,12,15H,2,8-11,13-14H2,1H3,(H,23,29). The molecule has 158 valence electrons. The number of H-pyrrole nitrogens is 1. The van der Waals surface area contributed by atoms with Crippen molar-refractivity contribution >= 4 is 29.5 Å². The van der Waals surface area contributed by atoms with Gasteiger partial charge in [-0.15, -0.1) is 0 Å². The second-order valence-corrected chi connectivity index (χ2v) is 8.35. The summed E-state index contributed by atoms with van der Waals surface area (Å²) in [5.41, 5.74) is 2.23. The normalized spacial score (nSPS) is 14.8. The van der Waals surface area contributed by atoms with E-state index in [1.165, 1.54) is 5.56 Å². The number of carbonyl (C=O) groups is 1. The molecular weight excluding hydrogens is 418 g/mol. The SMILES string of the molecule is CCOc1ccc(-c2n[nH]c(=S)n2CC(=O)N2CCN(Cc3ccsc3)CC2)cc1. The van der Waals surface area contributed by atoms with E-state index in [1.807, 2.05) is 36.1 Å². The van der Waals surface area contributed by atoms with Crippen LogP contribution in [-0.2, 0) is 17.9 Å². The molecule has 4 rings (SSSR count). The van der Waals surface area contributed by atoms with Gasteiger partial charge >= 0.3 is 0 Å². The summed E-state index contributed by atoms with van der Waals surface area (Å²) < 4.78 is 7.71. The quantitative estimate of drug-likeness (QED) is 0.567. The first-order valence-corrected chi connectivity index (χ1v) is 11.4. The maximum atomic E-state index is 12.9. The zero-order valence-corrected chi connectivity index (χ0v) is 18.5. The third-order valence-electron chi connectivity index (χ3n) is 5.19. The lowest BCUT2D eigenvalue weighted by Gasteiger charge is -2.34. The number of hydrogen-bond donors (Lipinski definition) is 1. The molecule has 0 unspecified atom stereocenters. The Kier molecular flexibility index (Phi) is 6.61. The van der Waals surface area contributed by atoms with Gasteiger partial charge < -0.3 is 9.64 Å². The predicted molar refractivity (Wildman–Crippen MR) is 120 cm³/mol. The second kappa shape index (κ2) is 9.55. The zero-order chi connectivity index (χ0) is 20.9. The Morgan fingerprint density at radius 2 is 1.97 bits per heavy atom. The lowest BCUT2D eigenvalue weighted by Crippen LogP contribution is -2.49. The number of aromatic amines is 1. The van der Waals surface area contributed by atoms with Crippen LogP contribution in [0.15, 0.2) is 41.1 Å². The Morgan fingerprint density at radius 1 is 1.20 bits per heavy atom. The molecule has 30 heavy (non-hydrogen) atoms. The van der Waals surface area contributed by atoms with Crippen LogP contribution in [0.2, 0.25) is 0 Å². The highest BCUT2D eigenvalue weighted by Crippen LogP contribution is 2.21. The smallest absolute Gasteiger partial charge is 0.242 e. The third kappa shape index (κ3) is 4.80. The minimum Gasteiger partial charge on any atom is -0.494 e. The number of nitrogens with one attached hydrogen (secondary N) is 1. The summed E-state index contributed by atoms with van der Waals surface area (Å²) in [4.78, 5) is 17.3. The van der Waals surface area contributed by atoms with E-state index in [9.17, 15) is 4.79 Å². The fourth-order valence-corrected chi connectivity index (χ4v) is 4.44. The topological polar surface area (TPSA) is 66.4 Å². The molecule has 1 aromatic carbocycles. The zero-order valence-electron chi connectivity index (χ0n) is 16.9. The molecule has 2 aromatic heterocycles. The van der Waals surface area contributed by atoms with Gasteiger partial charge in [0.2, 0.25) is 5.91 Å². The van der Waals surface area contributed by atoms with Crippen LogP contribution in [0, 0.1) is 4.77 Å².